The molecule has 0 radical (unpaired) electrons. The molecule has 0 spiro atoms. The second-order valence-corrected chi connectivity index (χ2v) is 7.34. The second-order valence-electron chi connectivity index (χ2n) is 7.34. The fraction of sp³-hybridized carbons (Fsp3) is 0.182. The third-order valence-electron chi connectivity index (χ3n) is 5.41. The third kappa shape index (κ3) is 3.15. The van der Waals surface area contributed by atoms with E-state index in [1.807, 2.05) is 29.0 Å². The number of nitrogens with two attached hydrogens (primary N) is 1. The molecule has 5 aromatic rings. The van der Waals surface area contributed by atoms with Gasteiger partial charge in [0.15, 0.2) is 0 Å². The number of carbonyl (C=O) groups excluding carboxylic acids is 1. The average Bonchev–Trinajstić information content (AvgIpc) is 3.38. The molecule has 3 heterocycles. The molecule has 156 valence electrons. The molecular weight excluding hydrogens is 396 g/mol. The lowest BCUT2D eigenvalue weighted by Gasteiger charge is -2.05. The second kappa shape index (κ2) is 7.37. The molecule has 0 atom stereocenters. The molecule has 9 heteroatoms. The minimum atomic E-state index is -0.440. The van der Waals surface area contributed by atoms with E-state index >= 15 is 0 Å². The minimum Gasteiger partial charge on any atom is -0.465 e. The number of aromatic nitrogens is 5. The monoisotopic (exact) mass is 416 g/mol. The van der Waals surface area contributed by atoms with E-state index in [-0.39, 0.29) is 11.3 Å². The van der Waals surface area contributed by atoms with Crippen molar-refractivity contribution in [3.05, 3.63) is 58.6 Å². The fourth-order valence-corrected chi connectivity index (χ4v) is 3.89. The summed E-state index contributed by atoms with van der Waals surface area (Å²) in [6, 6.07) is 8.99. The summed E-state index contributed by atoms with van der Waals surface area (Å²) in [6.45, 7) is 1.23. The summed E-state index contributed by atoms with van der Waals surface area (Å²) in [6.07, 6.45) is 4.36. The van der Waals surface area contributed by atoms with Crippen molar-refractivity contribution in [1.29, 1.82) is 0 Å². The predicted octanol–water partition coefficient (Wildman–Crippen LogP) is 2.56. The van der Waals surface area contributed by atoms with Gasteiger partial charge in [-0.2, -0.15) is 5.10 Å². The Kier molecular flexibility index (Phi) is 4.52. The Hall–Kier alpha value is -3.98. The normalized spacial score (nSPS) is 11.5. The molecule has 0 aliphatic heterocycles. The number of benzene rings is 2. The molecule has 2 aromatic carbocycles. The summed E-state index contributed by atoms with van der Waals surface area (Å²) in [7, 11) is 1.34. The van der Waals surface area contributed by atoms with Crippen LogP contribution in [0.2, 0.25) is 0 Å². The molecule has 0 saturated carbocycles. The number of esters is 1. The number of ether oxygens (including phenoxy) is 1. The smallest absolute Gasteiger partial charge is 0.337 e. The predicted molar refractivity (Wildman–Crippen MR) is 118 cm³/mol. The Balaban J connectivity index is 1.76. The van der Waals surface area contributed by atoms with Crippen LogP contribution in [-0.4, -0.2) is 44.4 Å². The standard InChI is InChI=1S/C22H20N6O3/c1-31-22(30)12-3-4-19-14(7-12)15(11-28(19)6-2-5-23)20-21(29)26-17-8-13-10-24-27-16(13)9-18(17)25-20/h3-4,7-11H,2,5-6,23H2,1H3,(H,24,27)(H,26,29). The SMILES string of the molecule is COC(=O)c1ccc2c(c1)c(-c1nc3cc4[nH]ncc4cc3[nH]c1=O)cn2CCCN. The molecule has 9 nitrogen and oxygen atoms in total. The van der Waals surface area contributed by atoms with Crippen molar-refractivity contribution in [3.63, 3.8) is 0 Å². The lowest BCUT2D eigenvalue weighted by molar-refractivity contribution is 0.0601. The van der Waals surface area contributed by atoms with Crippen LogP contribution in [0, 0.1) is 0 Å². The van der Waals surface area contributed by atoms with E-state index in [2.05, 4.69) is 20.2 Å². The van der Waals surface area contributed by atoms with Crippen LogP contribution in [0.5, 0.6) is 0 Å². The summed E-state index contributed by atoms with van der Waals surface area (Å²) in [5, 5.41) is 8.59. The van der Waals surface area contributed by atoms with E-state index in [4.69, 9.17) is 10.5 Å². The number of fused-ring (bicyclic) bond motifs is 3. The first-order valence-electron chi connectivity index (χ1n) is 9.88. The number of methoxy groups -OCH3 is 1. The molecule has 0 bridgehead atoms. The van der Waals surface area contributed by atoms with Crippen molar-refractivity contribution in [3.8, 4) is 11.3 Å². The van der Waals surface area contributed by atoms with Crippen LogP contribution in [0.15, 0.2) is 47.5 Å². The van der Waals surface area contributed by atoms with Gasteiger partial charge in [-0.3, -0.25) is 9.89 Å². The minimum absolute atomic E-state index is 0.282. The molecule has 0 amide bonds. The number of nitrogens with one attached hydrogen (secondary N) is 2. The highest BCUT2D eigenvalue weighted by molar-refractivity contribution is 6.01. The molecule has 5 rings (SSSR count). The molecule has 31 heavy (non-hydrogen) atoms. The fourth-order valence-electron chi connectivity index (χ4n) is 3.89. The van der Waals surface area contributed by atoms with Gasteiger partial charge in [0.2, 0.25) is 0 Å². The molecule has 0 unspecified atom stereocenters. The molecule has 0 aliphatic rings. The third-order valence-corrected chi connectivity index (χ3v) is 5.41. The molecule has 0 fully saturated rings. The number of aryl methyl sites for hydroxylation is 1. The summed E-state index contributed by atoms with van der Waals surface area (Å²) in [5.41, 5.74) is 9.70. The first-order valence-corrected chi connectivity index (χ1v) is 9.88. The largest absolute Gasteiger partial charge is 0.465 e. The maximum atomic E-state index is 13.0. The number of carbonyl (C=O) groups is 1. The van der Waals surface area contributed by atoms with Crippen LogP contribution >= 0.6 is 0 Å². The van der Waals surface area contributed by atoms with Gasteiger partial charge < -0.3 is 20.0 Å². The van der Waals surface area contributed by atoms with Crippen molar-refractivity contribution in [2.75, 3.05) is 13.7 Å². The van der Waals surface area contributed by atoms with Crippen LogP contribution in [0.25, 0.3) is 44.1 Å². The quantitative estimate of drug-likeness (QED) is 0.377. The lowest BCUT2D eigenvalue weighted by Crippen LogP contribution is -2.11. The molecule has 3 aromatic heterocycles. The maximum absolute atomic E-state index is 13.0. The number of rotatable bonds is 5. The summed E-state index contributed by atoms with van der Waals surface area (Å²) < 4.78 is 6.89. The lowest BCUT2D eigenvalue weighted by atomic mass is 10.1. The number of hydrogen-bond acceptors (Lipinski definition) is 6. The zero-order chi connectivity index (χ0) is 21.5. The van der Waals surface area contributed by atoms with E-state index in [0.717, 1.165) is 28.2 Å². The highest BCUT2D eigenvalue weighted by Gasteiger charge is 2.18. The van der Waals surface area contributed by atoms with Crippen molar-refractivity contribution in [1.82, 2.24) is 24.7 Å². The van der Waals surface area contributed by atoms with E-state index < -0.39 is 5.97 Å². The van der Waals surface area contributed by atoms with Crippen LogP contribution in [0.1, 0.15) is 16.8 Å². The van der Waals surface area contributed by atoms with Gasteiger partial charge in [0.05, 0.1) is 35.4 Å². The van der Waals surface area contributed by atoms with Crippen LogP contribution in [-0.2, 0) is 11.3 Å². The van der Waals surface area contributed by atoms with Gasteiger partial charge >= 0.3 is 5.97 Å². The maximum Gasteiger partial charge on any atom is 0.337 e. The first kappa shape index (κ1) is 19.0. The zero-order valence-electron chi connectivity index (χ0n) is 16.8. The summed E-state index contributed by atoms with van der Waals surface area (Å²) in [4.78, 5) is 32.7. The van der Waals surface area contributed by atoms with Crippen molar-refractivity contribution >= 4 is 38.8 Å². The Labute approximate surface area is 175 Å². The summed E-state index contributed by atoms with van der Waals surface area (Å²) in [5.74, 6) is -0.440. The Morgan fingerprint density at radius 2 is 2.10 bits per heavy atom. The first-order chi connectivity index (χ1) is 15.1. The number of aromatic amines is 2. The Bertz CT molecular complexity index is 1510. The zero-order valence-corrected chi connectivity index (χ0v) is 16.8. The molecular formula is C22H20N6O3. The number of nitrogens with zero attached hydrogens (tertiary/aromatic N) is 3. The topological polar surface area (TPSA) is 132 Å². The van der Waals surface area contributed by atoms with E-state index in [0.29, 0.717) is 35.2 Å². The van der Waals surface area contributed by atoms with Crippen molar-refractivity contribution < 1.29 is 9.53 Å². The highest BCUT2D eigenvalue weighted by Crippen LogP contribution is 2.30. The Morgan fingerprint density at radius 1 is 1.23 bits per heavy atom. The van der Waals surface area contributed by atoms with Crippen molar-refractivity contribution in [2.24, 2.45) is 5.73 Å². The van der Waals surface area contributed by atoms with Gasteiger partial charge in [-0.05, 0) is 43.3 Å². The van der Waals surface area contributed by atoms with Crippen LogP contribution < -0.4 is 11.3 Å². The number of H-pyrrole nitrogens is 2. The average molecular weight is 416 g/mol. The van der Waals surface area contributed by atoms with E-state index in [9.17, 15) is 9.59 Å². The number of hydrogen-bond donors (Lipinski definition) is 3. The van der Waals surface area contributed by atoms with Gasteiger partial charge in [0.1, 0.15) is 5.69 Å². The van der Waals surface area contributed by atoms with Gasteiger partial charge in [0, 0.05) is 34.6 Å². The van der Waals surface area contributed by atoms with Gasteiger partial charge in [0.25, 0.3) is 5.56 Å². The molecule has 0 saturated heterocycles. The molecule has 4 N–H and O–H groups in total. The van der Waals surface area contributed by atoms with Crippen LogP contribution in [0.3, 0.4) is 0 Å². The van der Waals surface area contributed by atoms with Crippen LogP contribution in [0.4, 0.5) is 0 Å². The van der Waals surface area contributed by atoms with Crippen molar-refractivity contribution in [2.45, 2.75) is 13.0 Å². The van der Waals surface area contributed by atoms with Gasteiger partial charge in [-0.1, -0.05) is 0 Å². The Morgan fingerprint density at radius 3 is 2.90 bits per heavy atom. The van der Waals surface area contributed by atoms with E-state index in [1.165, 1.54) is 7.11 Å². The highest BCUT2D eigenvalue weighted by atomic mass is 16.5. The molecule has 0 aliphatic carbocycles. The van der Waals surface area contributed by atoms with Gasteiger partial charge in [-0.15, -0.1) is 0 Å². The summed E-state index contributed by atoms with van der Waals surface area (Å²) >= 11 is 0. The van der Waals surface area contributed by atoms with Gasteiger partial charge in [-0.25, -0.2) is 9.78 Å². The van der Waals surface area contributed by atoms with E-state index in [1.54, 1.807) is 18.3 Å².